The quantitative estimate of drug-likeness (QED) is 0.697. The Morgan fingerprint density at radius 3 is 2.68 bits per heavy atom. The molecule has 2 amide bonds. The van der Waals surface area contributed by atoms with Crippen molar-refractivity contribution in [3.63, 3.8) is 0 Å². The van der Waals surface area contributed by atoms with Crippen LogP contribution in [0.4, 0.5) is 10.5 Å². The molecule has 2 rings (SSSR count). The zero-order chi connectivity index (χ0) is 13.7. The molecule has 0 saturated carbocycles. The Balaban J connectivity index is 1.88. The second kappa shape index (κ2) is 6.91. The van der Waals surface area contributed by atoms with Gasteiger partial charge in [0, 0.05) is 20.3 Å². The number of hydrogen-bond donors (Lipinski definition) is 2. The minimum atomic E-state index is -0.207. The number of anilines is 1. The zero-order valence-electron chi connectivity index (χ0n) is 9.99. The van der Waals surface area contributed by atoms with Gasteiger partial charge in [-0.15, -0.1) is 0 Å². The molecule has 0 atom stereocenters. The Labute approximate surface area is 134 Å². The molecule has 0 unspecified atom stereocenters. The van der Waals surface area contributed by atoms with Gasteiger partial charge in [-0.1, -0.05) is 34.1 Å². The van der Waals surface area contributed by atoms with Crippen molar-refractivity contribution in [1.29, 1.82) is 0 Å². The summed E-state index contributed by atoms with van der Waals surface area (Å²) in [5.74, 6) is 0. The van der Waals surface area contributed by atoms with Crippen molar-refractivity contribution < 1.29 is 4.79 Å². The first kappa shape index (κ1) is 14.3. The van der Waals surface area contributed by atoms with Crippen LogP contribution >= 0.6 is 38.5 Å². The SMILES string of the molecule is O=C(NCc1cccc(Br)c1)Nc1cccc(I)c1. The maximum atomic E-state index is 11.7. The number of hydrogen-bond acceptors (Lipinski definition) is 1. The highest BCUT2D eigenvalue weighted by atomic mass is 127. The smallest absolute Gasteiger partial charge is 0.319 e. The lowest BCUT2D eigenvalue weighted by atomic mass is 10.2. The molecule has 0 fully saturated rings. The lowest BCUT2D eigenvalue weighted by molar-refractivity contribution is 0.251. The summed E-state index contributed by atoms with van der Waals surface area (Å²) in [6.45, 7) is 0.495. The summed E-state index contributed by atoms with van der Waals surface area (Å²) in [7, 11) is 0. The average Bonchev–Trinajstić information content (AvgIpc) is 2.36. The molecule has 98 valence electrons. The number of nitrogens with one attached hydrogen (secondary N) is 2. The second-order valence-electron chi connectivity index (χ2n) is 3.95. The van der Waals surface area contributed by atoms with Crippen molar-refractivity contribution in [3.05, 3.63) is 62.1 Å². The van der Waals surface area contributed by atoms with Crippen LogP contribution in [-0.4, -0.2) is 6.03 Å². The predicted octanol–water partition coefficient (Wildman–Crippen LogP) is 4.38. The first-order valence-electron chi connectivity index (χ1n) is 5.68. The molecule has 3 nitrogen and oxygen atoms in total. The molecule has 0 aliphatic carbocycles. The lowest BCUT2D eigenvalue weighted by Gasteiger charge is -2.08. The summed E-state index contributed by atoms with van der Waals surface area (Å²) in [6.07, 6.45) is 0. The van der Waals surface area contributed by atoms with Crippen molar-refractivity contribution in [2.45, 2.75) is 6.54 Å². The fraction of sp³-hybridized carbons (Fsp3) is 0.0714. The van der Waals surface area contributed by atoms with E-state index in [9.17, 15) is 4.79 Å². The number of rotatable bonds is 3. The van der Waals surface area contributed by atoms with Crippen molar-refractivity contribution in [1.82, 2.24) is 5.32 Å². The summed E-state index contributed by atoms with van der Waals surface area (Å²) in [5, 5.41) is 5.62. The van der Waals surface area contributed by atoms with Gasteiger partial charge in [0.2, 0.25) is 0 Å². The number of carbonyl (C=O) groups excluding carboxylic acids is 1. The normalized spacial score (nSPS) is 10.0. The molecule has 2 aromatic carbocycles. The highest BCUT2D eigenvalue weighted by Gasteiger charge is 2.02. The molecular weight excluding hydrogens is 419 g/mol. The third-order valence-electron chi connectivity index (χ3n) is 2.42. The van der Waals surface area contributed by atoms with Crippen molar-refractivity contribution >= 4 is 50.2 Å². The van der Waals surface area contributed by atoms with E-state index in [1.807, 2.05) is 48.5 Å². The molecule has 0 saturated heterocycles. The van der Waals surface area contributed by atoms with E-state index in [4.69, 9.17) is 0 Å². The Bertz CT molecular complexity index is 589. The molecule has 5 heteroatoms. The van der Waals surface area contributed by atoms with Gasteiger partial charge in [0.25, 0.3) is 0 Å². The predicted molar refractivity (Wildman–Crippen MR) is 89.2 cm³/mol. The van der Waals surface area contributed by atoms with E-state index in [0.29, 0.717) is 6.54 Å². The van der Waals surface area contributed by atoms with Crippen LogP contribution < -0.4 is 10.6 Å². The van der Waals surface area contributed by atoms with E-state index in [1.165, 1.54) is 0 Å². The van der Waals surface area contributed by atoms with Gasteiger partial charge in [-0.2, -0.15) is 0 Å². The van der Waals surface area contributed by atoms with Gasteiger partial charge in [0.1, 0.15) is 0 Å². The van der Waals surface area contributed by atoms with E-state index < -0.39 is 0 Å². The molecule has 0 aliphatic rings. The molecule has 2 N–H and O–H groups in total. The number of amides is 2. The Hall–Kier alpha value is -1.08. The topological polar surface area (TPSA) is 41.1 Å². The summed E-state index contributed by atoms with van der Waals surface area (Å²) in [5.41, 5.74) is 1.84. The minimum absolute atomic E-state index is 0.207. The summed E-state index contributed by atoms with van der Waals surface area (Å²) >= 11 is 5.61. The largest absolute Gasteiger partial charge is 0.334 e. The molecule has 0 aromatic heterocycles. The molecule has 0 bridgehead atoms. The van der Waals surface area contributed by atoms with Crippen LogP contribution in [0.1, 0.15) is 5.56 Å². The fourth-order valence-corrected chi connectivity index (χ4v) is 2.56. The lowest BCUT2D eigenvalue weighted by Crippen LogP contribution is -2.28. The Morgan fingerprint density at radius 2 is 1.95 bits per heavy atom. The van der Waals surface area contributed by atoms with Crippen LogP contribution in [0, 0.1) is 3.57 Å². The maximum absolute atomic E-state index is 11.7. The molecule has 0 aliphatic heterocycles. The summed E-state index contributed by atoms with van der Waals surface area (Å²) in [6, 6.07) is 15.3. The van der Waals surface area contributed by atoms with Gasteiger partial charge >= 0.3 is 6.03 Å². The van der Waals surface area contributed by atoms with Gasteiger partial charge in [0.05, 0.1) is 0 Å². The molecule has 2 aromatic rings. The first-order valence-corrected chi connectivity index (χ1v) is 7.55. The van der Waals surface area contributed by atoms with Crippen LogP contribution in [0.5, 0.6) is 0 Å². The fourth-order valence-electron chi connectivity index (χ4n) is 1.57. The third kappa shape index (κ3) is 4.83. The van der Waals surface area contributed by atoms with Crippen LogP contribution in [0.3, 0.4) is 0 Å². The number of benzene rings is 2. The van der Waals surface area contributed by atoms with Crippen LogP contribution in [-0.2, 0) is 6.54 Å². The minimum Gasteiger partial charge on any atom is -0.334 e. The monoisotopic (exact) mass is 430 g/mol. The van der Waals surface area contributed by atoms with Gasteiger partial charge in [-0.25, -0.2) is 4.79 Å². The standard InChI is InChI=1S/C14H12BrIN2O/c15-11-4-1-3-10(7-11)9-17-14(19)18-13-6-2-5-12(16)8-13/h1-8H,9H2,(H2,17,18,19). The Morgan fingerprint density at radius 1 is 1.16 bits per heavy atom. The maximum Gasteiger partial charge on any atom is 0.319 e. The first-order chi connectivity index (χ1) is 9.13. The van der Waals surface area contributed by atoms with E-state index in [-0.39, 0.29) is 6.03 Å². The van der Waals surface area contributed by atoms with Gasteiger partial charge in [-0.05, 0) is 58.5 Å². The number of carbonyl (C=O) groups is 1. The number of halogens is 2. The molecule has 0 radical (unpaired) electrons. The summed E-state index contributed by atoms with van der Waals surface area (Å²) < 4.78 is 2.09. The highest BCUT2D eigenvalue weighted by molar-refractivity contribution is 14.1. The Kier molecular flexibility index (Phi) is 5.21. The van der Waals surface area contributed by atoms with Crippen LogP contribution in [0.25, 0.3) is 0 Å². The third-order valence-corrected chi connectivity index (χ3v) is 3.59. The van der Waals surface area contributed by atoms with E-state index in [2.05, 4.69) is 49.2 Å². The molecule has 0 spiro atoms. The van der Waals surface area contributed by atoms with Crippen LogP contribution in [0.2, 0.25) is 0 Å². The van der Waals surface area contributed by atoms with Crippen molar-refractivity contribution in [2.75, 3.05) is 5.32 Å². The van der Waals surface area contributed by atoms with Gasteiger partial charge in [0.15, 0.2) is 0 Å². The molecule has 19 heavy (non-hydrogen) atoms. The molecule has 0 heterocycles. The van der Waals surface area contributed by atoms with E-state index >= 15 is 0 Å². The van der Waals surface area contributed by atoms with Gasteiger partial charge < -0.3 is 10.6 Å². The average molecular weight is 431 g/mol. The highest BCUT2D eigenvalue weighted by Crippen LogP contribution is 2.13. The van der Waals surface area contributed by atoms with Gasteiger partial charge in [-0.3, -0.25) is 0 Å². The number of urea groups is 1. The second-order valence-corrected chi connectivity index (χ2v) is 6.11. The molecular formula is C14H12BrIN2O. The van der Waals surface area contributed by atoms with E-state index in [0.717, 1.165) is 19.3 Å². The van der Waals surface area contributed by atoms with Crippen LogP contribution in [0.15, 0.2) is 53.0 Å². The zero-order valence-corrected chi connectivity index (χ0v) is 13.7. The van der Waals surface area contributed by atoms with Crippen molar-refractivity contribution in [3.8, 4) is 0 Å². The van der Waals surface area contributed by atoms with E-state index in [1.54, 1.807) is 0 Å². The summed E-state index contributed by atoms with van der Waals surface area (Å²) in [4.78, 5) is 11.7. The van der Waals surface area contributed by atoms with Crippen molar-refractivity contribution in [2.24, 2.45) is 0 Å².